The van der Waals surface area contributed by atoms with Crippen molar-refractivity contribution in [2.75, 3.05) is 7.05 Å². The third kappa shape index (κ3) is 4.20. The lowest BCUT2D eigenvalue weighted by molar-refractivity contribution is -0.126. The van der Waals surface area contributed by atoms with E-state index in [1.807, 2.05) is 5.32 Å². The van der Waals surface area contributed by atoms with Crippen LogP contribution in [0.25, 0.3) is 0 Å². The first-order valence-corrected chi connectivity index (χ1v) is 6.09. The molecule has 3 amide bonds. The average molecular weight is 283 g/mol. The molecule has 7 heteroatoms. The van der Waals surface area contributed by atoms with Gasteiger partial charge in [0.15, 0.2) is 17.7 Å². The monoisotopic (exact) mass is 283 g/mol. The van der Waals surface area contributed by atoms with Gasteiger partial charge in [-0.05, 0) is 31.5 Å². The Morgan fingerprint density at radius 1 is 1.35 bits per heavy atom. The molecule has 2 atom stereocenters. The Hall–Kier alpha value is -2.15. The highest BCUT2D eigenvalue weighted by Crippen LogP contribution is 2.22. The van der Waals surface area contributed by atoms with E-state index in [1.165, 1.54) is 26.1 Å². The zero-order valence-electron chi connectivity index (χ0n) is 11.6. The molecule has 0 bridgehead atoms. The largest absolute Gasteiger partial charge is 0.478 e. The van der Waals surface area contributed by atoms with Gasteiger partial charge in [-0.2, -0.15) is 0 Å². The van der Waals surface area contributed by atoms with Gasteiger partial charge in [-0.1, -0.05) is 6.07 Å². The number of nitrogens with two attached hydrogens (primary N) is 1. The molecule has 1 unspecified atom stereocenters. The lowest BCUT2D eigenvalue weighted by atomic mass is 10.1. The van der Waals surface area contributed by atoms with Gasteiger partial charge in [-0.15, -0.1) is 0 Å². The predicted molar refractivity (Wildman–Crippen MR) is 71.7 cm³/mol. The molecule has 0 aromatic heterocycles. The molecule has 0 radical (unpaired) electrons. The van der Waals surface area contributed by atoms with Gasteiger partial charge >= 0.3 is 6.03 Å². The van der Waals surface area contributed by atoms with Crippen molar-refractivity contribution in [3.05, 3.63) is 29.6 Å². The molecule has 20 heavy (non-hydrogen) atoms. The molecule has 4 N–H and O–H groups in total. The second-order valence-corrected chi connectivity index (χ2v) is 4.31. The summed E-state index contributed by atoms with van der Waals surface area (Å²) in [6, 6.07) is 3.32. The Labute approximate surface area is 116 Å². The summed E-state index contributed by atoms with van der Waals surface area (Å²) in [6.07, 6.45) is -1.01. The van der Waals surface area contributed by atoms with E-state index in [0.29, 0.717) is 5.56 Å². The Morgan fingerprint density at radius 2 is 2.00 bits per heavy atom. The Balaban J connectivity index is 2.73. The van der Waals surface area contributed by atoms with Crippen LogP contribution in [0.1, 0.15) is 25.5 Å². The number of halogens is 1. The molecule has 110 valence electrons. The lowest BCUT2D eigenvalue weighted by Gasteiger charge is -2.15. The van der Waals surface area contributed by atoms with Crippen LogP contribution in [0.2, 0.25) is 0 Å². The topological polar surface area (TPSA) is 93.5 Å². The molecular formula is C13H18FN3O3. The maximum absolute atomic E-state index is 13.8. The van der Waals surface area contributed by atoms with Gasteiger partial charge in [0.2, 0.25) is 0 Å². The van der Waals surface area contributed by atoms with Gasteiger partial charge < -0.3 is 15.8 Å². The van der Waals surface area contributed by atoms with Crippen LogP contribution in [-0.2, 0) is 4.79 Å². The van der Waals surface area contributed by atoms with E-state index in [1.54, 1.807) is 13.0 Å². The summed E-state index contributed by atoms with van der Waals surface area (Å²) < 4.78 is 19.0. The highest BCUT2D eigenvalue weighted by Gasteiger charge is 2.18. The molecule has 0 aliphatic rings. The third-order valence-electron chi connectivity index (χ3n) is 2.62. The molecule has 1 aromatic carbocycles. The summed E-state index contributed by atoms with van der Waals surface area (Å²) in [4.78, 5) is 22.5. The molecule has 0 spiro atoms. The Kier molecular flexibility index (Phi) is 5.45. The van der Waals surface area contributed by atoms with Gasteiger partial charge in [0, 0.05) is 13.1 Å². The van der Waals surface area contributed by atoms with Gasteiger partial charge in [0.05, 0.1) is 0 Å². The van der Waals surface area contributed by atoms with Crippen LogP contribution in [0.5, 0.6) is 5.75 Å². The molecule has 0 saturated carbocycles. The number of urea groups is 1. The minimum atomic E-state index is -1.01. The second-order valence-electron chi connectivity index (χ2n) is 4.31. The van der Waals surface area contributed by atoms with Crippen LogP contribution >= 0.6 is 0 Å². The van der Waals surface area contributed by atoms with Gasteiger partial charge in [-0.3, -0.25) is 10.1 Å². The third-order valence-corrected chi connectivity index (χ3v) is 2.62. The number of benzene rings is 1. The summed E-state index contributed by atoms with van der Waals surface area (Å²) >= 11 is 0. The summed E-state index contributed by atoms with van der Waals surface area (Å²) in [5, 5.41) is 4.27. The highest BCUT2D eigenvalue weighted by molar-refractivity contribution is 5.96. The van der Waals surface area contributed by atoms with E-state index in [-0.39, 0.29) is 11.8 Å². The Morgan fingerprint density at radius 3 is 2.50 bits per heavy atom. The normalized spacial score (nSPS) is 13.2. The maximum atomic E-state index is 13.8. The summed E-state index contributed by atoms with van der Waals surface area (Å²) in [6.45, 7) is 3.14. The molecule has 1 rings (SSSR count). The van der Waals surface area contributed by atoms with Gasteiger partial charge in [0.1, 0.15) is 0 Å². The number of hydrogen-bond acceptors (Lipinski definition) is 4. The molecule has 0 fully saturated rings. The van der Waals surface area contributed by atoms with Crippen LogP contribution in [0.3, 0.4) is 0 Å². The number of imide groups is 1. The van der Waals surface area contributed by atoms with Crippen molar-refractivity contribution in [2.45, 2.75) is 26.0 Å². The van der Waals surface area contributed by atoms with Crippen LogP contribution in [-0.4, -0.2) is 25.1 Å². The molecular weight excluding hydrogens is 265 g/mol. The van der Waals surface area contributed by atoms with E-state index in [4.69, 9.17) is 10.5 Å². The van der Waals surface area contributed by atoms with Crippen molar-refractivity contribution in [2.24, 2.45) is 5.73 Å². The fraction of sp³-hybridized carbons (Fsp3) is 0.385. The molecule has 0 saturated heterocycles. The standard InChI is InChI=1S/C13H18FN3O3/c1-7(15)9-4-5-11(10(14)6-9)20-8(2)12(18)17-13(19)16-3/h4-8H,15H2,1-3H3,(H2,16,17,18,19)/t7-,8?/m0/s1. The minimum Gasteiger partial charge on any atom is -0.478 e. The van der Waals surface area contributed by atoms with Crippen molar-refractivity contribution in [1.82, 2.24) is 10.6 Å². The SMILES string of the molecule is CNC(=O)NC(=O)C(C)Oc1ccc([C@H](C)N)cc1F. The van der Waals surface area contributed by atoms with Crippen molar-refractivity contribution in [3.63, 3.8) is 0 Å². The lowest BCUT2D eigenvalue weighted by Crippen LogP contribution is -2.44. The first kappa shape index (κ1) is 15.9. The number of carbonyl (C=O) groups excluding carboxylic acids is 2. The molecule has 0 aliphatic heterocycles. The van der Waals surface area contributed by atoms with E-state index in [0.717, 1.165) is 0 Å². The first-order chi connectivity index (χ1) is 9.35. The zero-order valence-corrected chi connectivity index (χ0v) is 11.6. The first-order valence-electron chi connectivity index (χ1n) is 6.09. The summed E-state index contributed by atoms with van der Waals surface area (Å²) in [7, 11) is 1.38. The van der Waals surface area contributed by atoms with E-state index in [9.17, 15) is 14.0 Å². The number of amides is 3. The van der Waals surface area contributed by atoms with Crippen molar-refractivity contribution < 1.29 is 18.7 Å². The zero-order chi connectivity index (χ0) is 15.3. The van der Waals surface area contributed by atoms with Crippen LogP contribution in [0, 0.1) is 5.82 Å². The van der Waals surface area contributed by atoms with Crippen LogP contribution in [0.4, 0.5) is 9.18 Å². The number of ether oxygens (including phenoxy) is 1. The molecule has 0 aliphatic carbocycles. The Bertz CT molecular complexity index is 506. The molecule has 0 heterocycles. The van der Waals surface area contributed by atoms with Crippen molar-refractivity contribution in [1.29, 1.82) is 0 Å². The van der Waals surface area contributed by atoms with Crippen molar-refractivity contribution >= 4 is 11.9 Å². The number of nitrogens with one attached hydrogen (secondary N) is 2. The van der Waals surface area contributed by atoms with Gasteiger partial charge in [-0.25, -0.2) is 9.18 Å². The van der Waals surface area contributed by atoms with Gasteiger partial charge in [0.25, 0.3) is 5.91 Å². The minimum absolute atomic E-state index is 0.0750. The second kappa shape index (κ2) is 6.85. The number of rotatable bonds is 4. The molecule has 6 nitrogen and oxygen atoms in total. The fourth-order valence-corrected chi connectivity index (χ4v) is 1.42. The highest BCUT2D eigenvalue weighted by atomic mass is 19.1. The van der Waals surface area contributed by atoms with Crippen LogP contribution < -0.4 is 21.1 Å². The van der Waals surface area contributed by atoms with E-state index < -0.39 is 23.9 Å². The van der Waals surface area contributed by atoms with Crippen LogP contribution in [0.15, 0.2) is 18.2 Å². The predicted octanol–water partition coefficient (Wildman–Crippen LogP) is 1.07. The quantitative estimate of drug-likeness (QED) is 0.770. The number of hydrogen-bond donors (Lipinski definition) is 3. The fourth-order valence-electron chi connectivity index (χ4n) is 1.42. The smallest absolute Gasteiger partial charge is 0.321 e. The van der Waals surface area contributed by atoms with Crippen molar-refractivity contribution in [3.8, 4) is 5.75 Å². The average Bonchev–Trinajstić information content (AvgIpc) is 2.40. The van der Waals surface area contributed by atoms with E-state index in [2.05, 4.69) is 5.32 Å². The molecule has 1 aromatic rings. The number of carbonyl (C=O) groups is 2. The summed E-state index contributed by atoms with van der Waals surface area (Å²) in [5.41, 5.74) is 6.26. The maximum Gasteiger partial charge on any atom is 0.321 e. The van der Waals surface area contributed by atoms with E-state index >= 15 is 0 Å². The summed E-state index contributed by atoms with van der Waals surface area (Å²) in [5.74, 6) is -1.35.